The van der Waals surface area contributed by atoms with Gasteiger partial charge in [0.15, 0.2) is 12.4 Å². The van der Waals surface area contributed by atoms with Crippen LogP contribution in [-0.4, -0.2) is 12.5 Å². The molecule has 0 heterocycles. The molecule has 0 aromatic heterocycles. The molecule has 1 N–H and O–H groups in total. The molecular weight excluding hydrogens is 328 g/mol. The van der Waals surface area contributed by atoms with Crippen molar-refractivity contribution in [3.63, 3.8) is 0 Å². The molecule has 1 amide bonds. The number of hydrogen-bond acceptors (Lipinski definition) is 2. The zero-order valence-electron chi connectivity index (χ0n) is 11.8. The van der Waals surface area contributed by atoms with Crippen LogP contribution in [0.4, 0.5) is 4.39 Å². The van der Waals surface area contributed by atoms with Crippen molar-refractivity contribution >= 4 is 29.1 Å². The number of para-hydroxylation sites is 1. The Kier molecular flexibility index (Phi) is 5.63. The zero-order chi connectivity index (χ0) is 16.1. The monoisotopic (exact) mass is 341 g/mol. The Balaban J connectivity index is 1.91. The molecule has 0 bridgehead atoms. The van der Waals surface area contributed by atoms with Crippen molar-refractivity contribution in [3.05, 3.63) is 63.9 Å². The lowest BCUT2D eigenvalue weighted by atomic mass is 10.1. The first-order valence-corrected chi connectivity index (χ1v) is 7.34. The van der Waals surface area contributed by atoms with Crippen LogP contribution in [0.5, 0.6) is 5.75 Å². The Morgan fingerprint density at radius 1 is 1.18 bits per heavy atom. The van der Waals surface area contributed by atoms with Gasteiger partial charge in [0, 0.05) is 0 Å². The Labute approximate surface area is 138 Å². The van der Waals surface area contributed by atoms with Crippen LogP contribution in [0.3, 0.4) is 0 Å². The number of rotatable bonds is 5. The van der Waals surface area contributed by atoms with E-state index < -0.39 is 0 Å². The maximum Gasteiger partial charge on any atom is 0.258 e. The van der Waals surface area contributed by atoms with Crippen LogP contribution in [0.25, 0.3) is 0 Å². The van der Waals surface area contributed by atoms with Crippen molar-refractivity contribution in [2.45, 2.75) is 13.0 Å². The van der Waals surface area contributed by atoms with E-state index in [0.717, 1.165) is 5.56 Å². The van der Waals surface area contributed by atoms with Crippen molar-refractivity contribution in [3.8, 4) is 5.75 Å². The van der Waals surface area contributed by atoms with Crippen LogP contribution < -0.4 is 10.1 Å². The molecule has 2 rings (SSSR count). The standard InChI is InChI=1S/C16H14Cl2FNO2/c1-10(11-5-7-12(19)8-6-11)20-15(21)9-22-16-13(17)3-2-4-14(16)18/h2-8,10H,9H2,1H3,(H,20,21). The van der Waals surface area contributed by atoms with Gasteiger partial charge in [0.05, 0.1) is 16.1 Å². The van der Waals surface area contributed by atoms with Gasteiger partial charge in [0.25, 0.3) is 5.91 Å². The van der Waals surface area contributed by atoms with Crippen molar-refractivity contribution in [1.82, 2.24) is 5.32 Å². The number of hydrogen-bond donors (Lipinski definition) is 1. The molecule has 0 radical (unpaired) electrons. The summed E-state index contributed by atoms with van der Waals surface area (Å²) in [5, 5.41) is 3.43. The summed E-state index contributed by atoms with van der Waals surface area (Å²) in [6.45, 7) is 1.59. The van der Waals surface area contributed by atoms with Crippen LogP contribution in [0.1, 0.15) is 18.5 Å². The minimum Gasteiger partial charge on any atom is -0.481 e. The van der Waals surface area contributed by atoms with Crippen LogP contribution in [-0.2, 0) is 4.79 Å². The first-order valence-electron chi connectivity index (χ1n) is 6.59. The normalized spacial score (nSPS) is 11.8. The van der Waals surface area contributed by atoms with Crippen molar-refractivity contribution in [2.24, 2.45) is 0 Å². The molecule has 2 aromatic rings. The maximum absolute atomic E-state index is 12.9. The van der Waals surface area contributed by atoms with E-state index in [2.05, 4.69) is 5.32 Å². The van der Waals surface area contributed by atoms with Crippen molar-refractivity contribution < 1.29 is 13.9 Å². The first-order chi connectivity index (χ1) is 10.5. The molecule has 0 aliphatic carbocycles. The lowest BCUT2D eigenvalue weighted by molar-refractivity contribution is -0.123. The lowest BCUT2D eigenvalue weighted by Crippen LogP contribution is -2.31. The highest BCUT2D eigenvalue weighted by molar-refractivity contribution is 6.37. The number of amides is 1. The van der Waals surface area contributed by atoms with Crippen LogP contribution in [0, 0.1) is 5.82 Å². The molecule has 0 aliphatic rings. The molecule has 0 spiro atoms. The molecule has 0 aliphatic heterocycles. The number of halogens is 3. The molecule has 0 fully saturated rings. The molecule has 22 heavy (non-hydrogen) atoms. The Morgan fingerprint density at radius 2 is 1.77 bits per heavy atom. The fraction of sp³-hybridized carbons (Fsp3) is 0.188. The van der Waals surface area contributed by atoms with Gasteiger partial charge >= 0.3 is 0 Å². The summed E-state index contributed by atoms with van der Waals surface area (Å²) < 4.78 is 18.2. The minimum atomic E-state index is -0.326. The second-order valence-electron chi connectivity index (χ2n) is 4.68. The summed E-state index contributed by atoms with van der Waals surface area (Å²) >= 11 is 11.9. The number of benzene rings is 2. The van der Waals surface area contributed by atoms with E-state index in [4.69, 9.17) is 27.9 Å². The predicted molar refractivity (Wildman–Crippen MR) is 84.9 cm³/mol. The summed E-state index contributed by atoms with van der Waals surface area (Å²) in [5.74, 6) is -0.373. The van der Waals surface area contributed by atoms with Gasteiger partial charge in [-0.25, -0.2) is 4.39 Å². The van der Waals surface area contributed by atoms with Gasteiger partial charge in [-0.05, 0) is 36.8 Å². The van der Waals surface area contributed by atoms with Gasteiger partial charge in [0.2, 0.25) is 0 Å². The molecule has 1 atom stereocenters. The molecule has 0 saturated heterocycles. The van der Waals surface area contributed by atoms with E-state index in [0.29, 0.717) is 10.0 Å². The van der Waals surface area contributed by atoms with E-state index in [1.807, 2.05) is 0 Å². The molecule has 116 valence electrons. The Bertz CT molecular complexity index is 641. The lowest BCUT2D eigenvalue weighted by Gasteiger charge is -2.15. The molecule has 0 saturated carbocycles. The van der Waals surface area contributed by atoms with E-state index in [1.165, 1.54) is 12.1 Å². The number of nitrogens with one attached hydrogen (secondary N) is 1. The fourth-order valence-electron chi connectivity index (χ4n) is 1.88. The average Bonchev–Trinajstić information content (AvgIpc) is 2.47. The zero-order valence-corrected chi connectivity index (χ0v) is 13.3. The Morgan fingerprint density at radius 3 is 2.36 bits per heavy atom. The van der Waals surface area contributed by atoms with E-state index in [-0.39, 0.29) is 30.1 Å². The van der Waals surface area contributed by atoms with Gasteiger partial charge in [0.1, 0.15) is 5.82 Å². The van der Waals surface area contributed by atoms with Crippen LogP contribution in [0.2, 0.25) is 10.0 Å². The van der Waals surface area contributed by atoms with Crippen molar-refractivity contribution in [2.75, 3.05) is 6.61 Å². The molecular formula is C16H14Cl2FNO2. The second kappa shape index (κ2) is 7.47. The maximum atomic E-state index is 12.9. The van der Waals surface area contributed by atoms with E-state index >= 15 is 0 Å². The van der Waals surface area contributed by atoms with Crippen LogP contribution >= 0.6 is 23.2 Å². The SMILES string of the molecule is CC(NC(=O)COc1c(Cl)cccc1Cl)c1ccc(F)cc1. The smallest absolute Gasteiger partial charge is 0.258 e. The highest BCUT2D eigenvalue weighted by Gasteiger charge is 2.12. The van der Waals surface area contributed by atoms with Crippen molar-refractivity contribution in [1.29, 1.82) is 0 Å². The van der Waals surface area contributed by atoms with Crippen LogP contribution in [0.15, 0.2) is 42.5 Å². The molecule has 6 heteroatoms. The largest absolute Gasteiger partial charge is 0.481 e. The third-order valence-electron chi connectivity index (χ3n) is 3.01. The van der Waals surface area contributed by atoms with Gasteiger partial charge in [-0.3, -0.25) is 4.79 Å². The Hall–Kier alpha value is -1.78. The minimum absolute atomic E-state index is 0.213. The summed E-state index contributed by atoms with van der Waals surface area (Å²) in [4.78, 5) is 11.9. The van der Waals surface area contributed by atoms with Gasteiger partial charge < -0.3 is 10.1 Å². The second-order valence-corrected chi connectivity index (χ2v) is 5.49. The van der Waals surface area contributed by atoms with Gasteiger partial charge in [-0.2, -0.15) is 0 Å². The number of carbonyl (C=O) groups excluding carboxylic acids is 1. The number of carbonyl (C=O) groups is 1. The summed E-state index contributed by atoms with van der Waals surface area (Å²) in [7, 11) is 0. The van der Waals surface area contributed by atoms with Gasteiger partial charge in [-0.1, -0.05) is 41.4 Å². The summed E-state index contributed by atoms with van der Waals surface area (Å²) in [6, 6.07) is 10.6. The quantitative estimate of drug-likeness (QED) is 0.875. The predicted octanol–water partition coefficient (Wildman–Crippen LogP) is 4.39. The summed E-state index contributed by atoms with van der Waals surface area (Å²) in [5.41, 5.74) is 0.797. The highest BCUT2D eigenvalue weighted by atomic mass is 35.5. The fourth-order valence-corrected chi connectivity index (χ4v) is 2.38. The highest BCUT2D eigenvalue weighted by Crippen LogP contribution is 2.32. The third-order valence-corrected chi connectivity index (χ3v) is 3.61. The molecule has 1 unspecified atom stereocenters. The van der Waals surface area contributed by atoms with E-state index in [1.54, 1.807) is 37.3 Å². The molecule has 2 aromatic carbocycles. The third kappa shape index (κ3) is 4.36. The first kappa shape index (κ1) is 16.6. The summed E-state index contributed by atoms with van der Waals surface area (Å²) in [6.07, 6.45) is 0. The molecule has 3 nitrogen and oxygen atoms in total. The number of ether oxygens (including phenoxy) is 1. The van der Waals surface area contributed by atoms with Gasteiger partial charge in [-0.15, -0.1) is 0 Å². The van der Waals surface area contributed by atoms with E-state index in [9.17, 15) is 9.18 Å². The topological polar surface area (TPSA) is 38.3 Å². The average molecular weight is 342 g/mol.